The van der Waals surface area contributed by atoms with Crippen LogP contribution >= 0.6 is 0 Å². The topological polar surface area (TPSA) is 38.4 Å². The Morgan fingerprint density at radius 2 is 1.13 bits per heavy atom. The summed E-state index contributed by atoms with van der Waals surface area (Å²) >= 11 is 0. The standard InChI is InChI=1S/C21H18N2/c22-21(19-14-8-3-9-15-19)23-20(18-12-6-2-7-13-18)16-17-10-4-1-5-11-17/h1-16H,(H2,22,23)/b20-16+. The van der Waals surface area contributed by atoms with Crippen LogP contribution in [0.1, 0.15) is 16.7 Å². The van der Waals surface area contributed by atoms with Crippen molar-refractivity contribution < 1.29 is 0 Å². The molecular formula is C21H18N2. The molecule has 0 aliphatic heterocycles. The second kappa shape index (κ2) is 7.23. The van der Waals surface area contributed by atoms with E-state index in [-0.39, 0.29) is 0 Å². The highest BCUT2D eigenvalue weighted by Crippen LogP contribution is 2.20. The van der Waals surface area contributed by atoms with Crippen LogP contribution in [-0.4, -0.2) is 5.84 Å². The van der Waals surface area contributed by atoms with Crippen LogP contribution < -0.4 is 5.73 Å². The molecule has 3 rings (SSSR count). The van der Waals surface area contributed by atoms with Crippen molar-refractivity contribution in [3.63, 3.8) is 0 Å². The van der Waals surface area contributed by atoms with E-state index in [0.29, 0.717) is 5.84 Å². The van der Waals surface area contributed by atoms with Crippen molar-refractivity contribution in [1.29, 1.82) is 0 Å². The van der Waals surface area contributed by atoms with Crippen LogP contribution in [0.2, 0.25) is 0 Å². The zero-order valence-corrected chi connectivity index (χ0v) is 12.8. The number of nitrogens with two attached hydrogens (primary N) is 1. The van der Waals surface area contributed by atoms with Gasteiger partial charge in [0.15, 0.2) is 0 Å². The molecule has 3 aromatic rings. The minimum absolute atomic E-state index is 0.511. The fourth-order valence-electron chi connectivity index (χ4n) is 2.30. The number of rotatable bonds is 4. The van der Waals surface area contributed by atoms with E-state index in [1.165, 1.54) is 0 Å². The van der Waals surface area contributed by atoms with E-state index < -0.39 is 0 Å². The maximum absolute atomic E-state index is 6.20. The lowest BCUT2D eigenvalue weighted by atomic mass is 10.1. The highest BCUT2D eigenvalue weighted by Gasteiger charge is 2.03. The lowest BCUT2D eigenvalue weighted by molar-refractivity contribution is 1.46. The first kappa shape index (κ1) is 14.8. The molecule has 0 atom stereocenters. The third kappa shape index (κ3) is 3.95. The van der Waals surface area contributed by atoms with Crippen molar-refractivity contribution in [1.82, 2.24) is 0 Å². The van der Waals surface area contributed by atoms with Crippen molar-refractivity contribution in [3.8, 4) is 0 Å². The summed E-state index contributed by atoms with van der Waals surface area (Å²) in [6, 6.07) is 30.0. The number of benzene rings is 3. The van der Waals surface area contributed by atoms with E-state index >= 15 is 0 Å². The van der Waals surface area contributed by atoms with Gasteiger partial charge in [-0.05, 0) is 11.6 Å². The van der Waals surface area contributed by atoms with Gasteiger partial charge >= 0.3 is 0 Å². The van der Waals surface area contributed by atoms with Gasteiger partial charge in [-0.3, -0.25) is 0 Å². The van der Waals surface area contributed by atoms with E-state index in [4.69, 9.17) is 5.73 Å². The smallest absolute Gasteiger partial charge is 0.131 e. The van der Waals surface area contributed by atoms with Gasteiger partial charge in [0.1, 0.15) is 5.84 Å². The number of aliphatic imine (C=N–C) groups is 1. The average molecular weight is 298 g/mol. The Hall–Kier alpha value is -3.13. The summed E-state index contributed by atoms with van der Waals surface area (Å²) in [5, 5.41) is 0. The van der Waals surface area contributed by atoms with E-state index in [2.05, 4.69) is 17.1 Å². The first-order valence-corrected chi connectivity index (χ1v) is 7.55. The molecule has 2 nitrogen and oxygen atoms in total. The average Bonchev–Trinajstić information content (AvgIpc) is 2.63. The molecule has 0 saturated carbocycles. The number of hydrogen-bond donors (Lipinski definition) is 1. The Morgan fingerprint density at radius 3 is 1.70 bits per heavy atom. The predicted molar refractivity (Wildman–Crippen MR) is 97.9 cm³/mol. The molecule has 23 heavy (non-hydrogen) atoms. The fourth-order valence-corrected chi connectivity index (χ4v) is 2.30. The maximum Gasteiger partial charge on any atom is 0.131 e. The molecule has 0 aliphatic rings. The van der Waals surface area contributed by atoms with Crippen LogP contribution in [0, 0.1) is 0 Å². The highest BCUT2D eigenvalue weighted by molar-refractivity contribution is 6.02. The Morgan fingerprint density at radius 1 is 0.652 bits per heavy atom. The maximum atomic E-state index is 6.20. The summed E-state index contributed by atoms with van der Waals surface area (Å²) in [6.07, 6.45) is 2.05. The van der Waals surface area contributed by atoms with Gasteiger partial charge < -0.3 is 5.73 Å². The molecule has 0 unspecified atom stereocenters. The summed E-state index contributed by atoms with van der Waals surface area (Å²) in [5.74, 6) is 0.511. The minimum atomic E-state index is 0.511. The molecule has 0 fully saturated rings. The SMILES string of the molecule is NC(=N/C(=C/c1ccccc1)c1ccccc1)c1ccccc1. The molecule has 0 aliphatic carbocycles. The number of nitrogens with zero attached hydrogens (tertiary/aromatic N) is 1. The lowest BCUT2D eigenvalue weighted by Gasteiger charge is -2.06. The summed E-state index contributed by atoms with van der Waals surface area (Å²) in [4.78, 5) is 4.67. The summed E-state index contributed by atoms with van der Waals surface area (Å²) in [6.45, 7) is 0. The number of hydrogen-bond acceptors (Lipinski definition) is 1. The van der Waals surface area contributed by atoms with Gasteiger partial charge in [-0.15, -0.1) is 0 Å². The van der Waals surface area contributed by atoms with E-state index in [1.807, 2.05) is 84.9 Å². The number of amidine groups is 1. The lowest BCUT2D eigenvalue weighted by Crippen LogP contribution is -2.13. The second-order valence-electron chi connectivity index (χ2n) is 5.17. The van der Waals surface area contributed by atoms with E-state index in [0.717, 1.165) is 22.4 Å². The second-order valence-corrected chi connectivity index (χ2v) is 5.17. The van der Waals surface area contributed by atoms with E-state index in [9.17, 15) is 0 Å². The van der Waals surface area contributed by atoms with Crippen molar-refractivity contribution in [2.24, 2.45) is 10.7 Å². The van der Waals surface area contributed by atoms with Crippen LogP contribution in [0.25, 0.3) is 11.8 Å². The van der Waals surface area contributed by atoms with Crippen molar-refractivity contribution in [2.45, 2.75) is 0 Å². The molecule has 2 heteroatoms. The molecule has 112 valence electrons. The Kier molecular flexibility index (Phi) is 4.65. The Bertz CT molecular complexity index is 804. The zero-order valence-electron chi connectivity index (χ0n) is 12.8. The van der Waals surface area contributed by atoms with Gasteiger partial charge in [-0.2, -0.15) is 0 Å². The normalized spacial score (nSPS) is 12.2. The predicted octanol–water partition coefficient (Wildman–Crippen LogP) is 4.59. The molecule has 0 amide bonds. The molecule has 2 N–H and O–H groups in total. The van der Waals surface area contributed by atoms with Gasteiger partial charge in [0.05, 0.1) is 5.70 Å². The minimum Gasteiger partial charge on any atom is -0.383 e. The van der Waals surface area contributed by atoms with Crippen LogP contribution in [0.3, 0.4) is 0 Å². The molecule has 0 heterocycles. The molecular weight excluding hydrogens is 280 g/mol. The van der Waals surface area contributed by atoms with Crippen molar-refractivity contribution >= 4 is 17.6 Å². The van der Waals surface area contributed by atoms with Crippen LogP contribution in [0.15, 0.2) is 96.0 Å². The first-order valence-electron chi connectivity index (χ1n) is 7.55. The zero-order chi connectivity index (χ0) is 15.9. The third-order valence-electron chi connectivity index (χ3n) is 3.48. The molecule has 0 aromatic heterocycles. The molecule has 0 spiro atoms. The van der Waals surface area contributed by atoms with Gasteiger partial charge in [0.25, 0.3) is 0 Å². The third-order valence-corrected chi connectivity index (χ3v) is 3.48. The highest BCUT2D eigenvalue weighted by atomic mass is 14.9. The Balaban J connectivity index is 2.04. The van der Waals surface area contributed by atoms with Gasteiger partial charge in [-0.25, -0.2) is 4.99 Å². The largest absolute Gasteiger partial charge is 0.383 e. The van der Waals surface area contributed by atoms with Crippen LogP contribution in [0.4, 0.5) is 0 Å². The summed E-state index contributed by atoms with van der Waals surface area (Å²) < 4.78 is 0. The summed E-state index contributed by atoms with van der Waals surface area (Å²) in [5.41, 5.74) is 10.1. The Labute approximate surface area is 136 Å². The van der Waals surface area contributed by atoms with Gasteiger partial charge in [0.2, 0.25) is 0 Å². The van der Waals surface area contributed by atoms with Gasteiger partial charge in [-0.1, -0.05) is 91.0 Å². The van der Waals surface area contributed by atoms with Gasteiger partial charge in [0, 0.05) is 11.1 Å². The quantitative estimate of drug-likeness (QED) is 0.427. The molecule has 0 radical (unpaired) electrons. The monoisotopic (exact) mass is 298 g/mol. The molecule has 0 saturated heterocycles. The van der Waals surface area contributed by atoms with Crippen molar-refractivity contribution in [3.05, 3.63) is 108 Å². The first-order chi connectivity index (χ1) is 11.3. The van der Waals surface area contributed by atoms with E-state index in [1.54, 1.807) is 0 Å². The fraction of sp³-hybridized carbons (Fsp3) is 0. The summed E-state index contributed by atoms with van der Waals surface area (Å²) in [7, 11) is 0. The van der Waals surface area contributed by atoms with Crippen LogP contribution in [0.5, 0.6) is 0 Å². The molecule has 3 aromatic carbocycles. The molecule has 0 bridgehead atoms. The van der Waals surface area contributed by atoms with Crippen molar-refractivity contribution in [2.75, 3.05) is 0 Å². The van der Waals surface area contributed by atoms with Crippen LogP contribution in [-0.2, 0) is 0 Å².